The van der Waals surface area contributed by atoms with Gasteiger partial charge in [0.2, 0.25) is 0 Å². The van der Waals surface area contributed by atoms with E-state index < -0.39 is 0 Å². The molecule has 8 atom stereocenters. The molecular weight excluding hydrogens is 200 g/mol. The molecular formula is C14H14O2. The first-order valence-corrected chi connectivity index (χ1v) is 6.42. The maximum Gasteiger partial charge on any atom is 0.144 e. The maximum absolute atomic E-state index is 12.6. The number of carbonyl (C=O) groups is 2. The highest BCUT2D eigenvalue weighted by Crippen LogP contribution is 2.87. The van der Waals surface area contributed by atoms with E-state index in [4.69, 9.17) is 0 Å². The normalized spacial score (nSPS) is 66.9. The fourth-order valence-corrected chi connectivity index (χ4v) is 6.44. The molecule has 5 aliphatic carbocycles. The van der Waals surface area contributed by atoms with Gasteiger partial charge in [-0.2, -0.15) is 0 Å². The minimum atomic E-state index is -0.0942. The van der Waals surface area contributed by atoms with Crippen molar-refractivity contribution < 1.29 is 9.59 Å². The average Bonchev–Trinajstić information content (AvgIpc) is 2.58. The predicted octanol–water partition coefficient (Wildman–Crippen LogP) is 1.46. The standard InChI is InChI=1S/C14H14O2/c1-2-3-14-10-7-5-4-6(8(7)13(14)16)12(15)9(5)11(10)14/h2,5-11H,1,3-4H2. The quantitative estimate of drug-likeness (QED) is 0.652. The summed E-state index contributed by atoms with van der Waals surface area (Å²) in [4.78, 5) is 24.8. The molecule has 0 aromatic carbocycles. The van der Waals surface area contributed by atoms with Gasteiger partial charge < -0.3 is 0 Å². The average molecular weight is 214 g/mol. The minimum absolute atomic E-state index is 0.0942. The van der Waals surface area contributed by atoms with Gasteiger partial charge in [-0.05, 0) is 36.5 Å². The van der Waals surface area contributed by atoms with E-state index in [1.807, 2.05) is 6.08 Å². The minimum Gasteiger partial charge on any atom is -0.299 e. The van der Waals surface area contributed by atoms with Crippen molar-refractivity contribution in [2.24, 2.45) is 46.8 Å². The zero-order valence-electron chi connectivity index (χ0n) is 9.06. The van der Waals surface area contributed by atoms with E-state index in [1.165, 1.54) is 0 Å². The summed E-state index contributed by atoms with van der Waals surface area (Å²) in [5, 5.41) is 0. The first-order valence-electron chi connectivity index (χ1n) is 6.42. The number of ketones is 2. The van der Waals surface area contributed by atoms with Crippen LogP contribution >= 0.6 is 0 Å². The van der Waals surface area contributed by atoms with E-state index in [9.17, 15) is 9.59 Å². The van der Waals surface area contributed by atoms with Crippen molar-refractivity contribution in [3.8, 4) is 0 Å². The summed E-state index contributed by atoms with van der Waals surface area (Å²) in [7, 11) is 0. The summed E-state index contributed by atoms with van der Waals surface area (Å²) in [5.41, 5.74) is -0.0942. The highest BCUT2D eigenvalue weighted by atomic mass is 16.1. The Morgan fingerprint density at radius 1 is 1.31 bits per heavy atom. The number of allylic oxidation sites excluding steroid dienone is 1. The van der Waals surface area contributed by atoms with E-state index in [0.29, 0.717) is 35.2 Å². The number of rotatable bonds is 2. The first-order chi connectivity index (χ1) is 7.73. The summed E-state index contributed by atoms with van der Waals surface area (Å²) in [6, 6.07) is 0. The van der Waals surface area contributed by atoms with E-state index >= 15 is 0 Å². The maximum atomic E-state index is 12.6. The number of hydrogen-bond donors (Lipinski definition) is 0. The number of carbonyl (C=O) groups excluding carboxylic acids is 2. The van der Waals surface area contributed by atoms with Crippen LogP contribution in [-0.4, -0.2) is 11.6 Å². The van der Waals surface area contributed by atoms with Crippen molar-refractivity contribution in [2.75, 3.05) is 0 Å². The SMILES string of the molecule is C=CCC12C(=O)C3C4CC5C(C4=O)C1C2C53. The van der Waals surface area contributed by atoms with Crippen LogP contribution in [0.15, 0.2) is 12.7 Å². The van der Waals surface area contributed by atoms with Crippen LogP contribution in [0.5, 0.6) is 0 Å². The molecule has 0 spiro atoms. The summed E-state index contributed by atoms with van der Waals surface area (Å²) in [6.07, 6.45) is 3.77. The van der Waals surface area contributed by atoms with Gasteiger partial charge in [0.15, 0.2) is 0 Å². The molecule has 0 aromatic heterocycles. The van der Waals surface area contributed by atoms with Crippen LogP contribution in [0, 0.1) is 46.8 Å². The second kappa shape index (κ2) is 1.96. The van der Waals surface area contributed by atoms with Gasteiger partial charge in [0.05, 0.1) is 0 Å². The van der Waals surface area contributed by atoms with Crippen LogP contribution < -0.4 is 0 Å². The fraction of sp³-hybridized carbons (Fsp3) is 0.714. The van der Waals surface area contributed by atoms with Crippen molar-refractivity contribution in [1.29, 1.82) is 0 Å². The summed E-state index contributed by atoms with van der Waals surface area (Å²) >= 11 is 0. The van der Waals surface area contributed by atoms with Gasteiger partial charge >= 0.3 is 0 Å². The molecule has 2 bridgehead atoms. The zero-order valence-corrected chi connectivity index (χ0v) is 9.06. The lowest BCUT2D eigenvalue weighted by molar-refractivity contribution is -0.132. The molecule has 0 N–H and O–H groups in total. The molecule has 0 saturated heterocycles. The van der Waals surface area contributed by atoms with E-state index in [-0.39, 0.29) is 23.2 Å². The monoisotopic (exact) mass is 214 g/mol. The molecule has 0 heterocycles. The van der Waals surface area contributed by atoms with Gasteiger partial charge in [0.1, 0.15) is 11.6 Å². The van der Waals surface area contributed by atoms with Gasteiger partial charge in [-0.15, -0.1) is 6.58 Å². The highest BCUT2D eigenvalue weighted by Gasteiger charge is 2.90. The molecule has 2 nitrogen and oxygen atoms in total. The predicted molar refractivity (Wildman–Crippen MR) is 56.3 cm³/mol. The summed E-state index contributed by atoms with van der Waals surface area (Å²) < 4.78 is 0. The molecule has 0 aromatic rings. The Morgan fingerprint density at radius 2 is 2.12 bits per heavy atom. The highest BCUT2D eigenvalue weighted by molar-refractivity contribution is 6.06. The van der Waals surface area contributed by atoms with Gasteiger partial charge in [0.25, 0.3) is 0 Å². The van der Waals surface area contributed by atoms with Crippen molar-refractivity contribution in [3.05, 3.63) is 12.7 Å². The van der Waals surface area contributed by atoms with E-state index in [2.05, 4.69) is 6.58 Å². The third-order valence-electron chi connectivity index (χ3n) is 6.54. The first kappa shape index (κ1) is 8.21. The molecule has 5 saturated carbocycles. The Hall–Kier alpha value is -0.920. The van der Waals surface area contributed by atoms with Crippen LogP contribution in [0.4, 0.5) is 0 Å². The lowest BCUT2D eigenvalue weighted by Gasteiger charge is -2.22. The van der Waals surface area contributed by atoms with Gasteiger partial charge in [-0.25, -0.2) is 0 Å². The van der Waals surface area contributed by atoms with Crippen LogP contribution in [0.25, 0.3) is 0 Å². The second-order valence-electron chi connectivity index (χ2n) is 6.49. The van der Waals surface area contributed by atoms with Gasteiger partial charge in [0, 0.05) is 23.2 Å². The van der Waals surface area contributed by atoms with Crippen molar-refractivity contribution in [1.82, 2.24) is 0 Å². The lowest BCUT2D eigenvalue weighted by atomic mass is 9.79. The number of fused-ring (bicyclic) bond motifs is 4. The van der Waals surface area contributed by atoms with Crippen molar-refractivity contribution >= 4 is 11.6 Å². The van der Waals surface area contributed by atoms with Gasteiger partial charge in [-0.1, -0.05) is 6.08 Å². The molecule has 0 amide bonds. The topological polar surface area (TPSA) is 34.1 Å². The van der Waals surface area contributed by atoms with Crippen molar-refractivity contribution in [2.45, 2.75) is 12.8 Å². The smallest absolute Gasteiger partial charge is 0.144 e. The number of Topliss-reactive ketones (excluding diaryl/α,β-unsaturated/α-hetero) is 2. The second-order valence-corrected chi connectivity index (χ2v) is 6.49. The fourth-order valence-electron chi connectivity index (χ4n) is 6.44. The van der Waals surface area contributed by atoms with Gasteiger partial charge in [-0.3, -0.25) is 9.59 Å². The molecule has 0 radical (unpaired) electrons. The third kappa shape index (κ3) is 0.480. The Labute approximate surface area is 94.1 Å². The third-order valence-corrected chi connectivity index (χ3v) is 6.54. The molecule has 82 valence electrons. The molecule has 5 aliphatic rings. The largest absolute Gasteiger partial charge is 0.299 e. The molecule has 16 heavy (non-hydrogen) atoms. The Balaban J connectivity index is 1.76. The van der Waals surface area contributed by atoms with Crippen LogP contribution in [-0.2, 0) is 9.59 Å². The summed E-state index contributed by atoms with van der Waals surface area (Å²) in [5.74, 6) is 3.67. The summed E-state index contributed by atoms with van der Waals surface area (Å²) in [6.45, 7) is 3.80. The zero-order chi connectivity index (χ0) is 10.8. The molecule has 5 fully saturated rings. The lowest BCUT2D eigenvalue weighted by Crippen LogP contribution is -2.30. The Morgan fingerprint density at radius 3 is 2.88 bits per heavy atom. The van der Waals surface area contributed by atoms with Crippen LogP contribution in [0.2, 0.25) is 0 Å². The Kier molecular flexibility index (Phi) is 1.00. The van der Waals surface area contributed by atoms with Crippen LogP contribution in [0.3, 0.4) is 0 Å². The Bertz CT molecular complexity index is 479. The molecule has 0 aliphatic heterocycles. The molecule has 2 heteroatoms. The van der Waals surface area contributed by atoms with E-state index in [0.717, 1.165) is 12.8 Å². The van der Waals surface area contributed by atoms with E-state index in [1.54, 1.807) is 0 Å². The van der Waals surface area contributed by atoms with Crippen LogP contribution in [0.1, 0.15) is 12.8 Å². The molecule has 5 rings (SSSR count). The molecule has 8 unspecified atom stereocenters. The van der Waals surface area contributed by atoms with Crippen molar-refractivity contribution in [3.63, 3.8) is 0 Å². The number of hydrogen-bond acceptors (Lipinski definition) is 2.